The van der Waals surface area contributed by atoms with Crippen LogP contribution in [0.3, 0.4) is 0 Å². The van der Waals surface area contributed by atoms with Gasteiger partial charge in [0.1, 0.15) is 0 Å². The zero-order chi connectivity index (χ0) is 17.9. The fourth-order valence-electron chi connectivity index (χ4n) is 3.56. The van der Waals surface area contributed by atoms with Crippen LogP contribution in [0.1, 0.15) is 40.0 Å². The van der Waals surface area contributed by atoms with Gasteiger partial charge in [-0.15, -0.1) is 0 Å². The van der Waals surface area contributed by atoms with Gasteiger partial charge in [-0.3, -0.25) is 0 Å². The van der Waals surface area contributed by atoms with E-state index < -0.39 is 0 Å². The standard InChI is InChI=1S/C18H27N3O4/c1-13(5-7-16-22-9-14(10-23-16)20-21-19)4-6-15-8-18(12-24-18)11-17(2,3)25-15/h4-6,14-16H,7-12H2,1-3H3/b6-4+,13-5+/t14?,15-,16?,18-/m1/s1. The minimum absolute atomic E-state index is 0.0423. The van der Waals surface area contributed by atoms with E-state index in [2.05, 4.69) is 49.0 Å². The Hall–Kier alpha value is -1.37. The summed E-state index contributed by atoms with van der Waals surface area (Å²) in [5.41, 5.74) is 9.45. The first-order valence-electron chi connectivity index (χ1n) is 8.84. The van der Waals surface area contributed by atoms with Crippen molar-refractivity contribution in [1.29, 1.82) is 0 Å². The van der Waals surface area contributed by atoms with Crippen molar-refractivity contribution in [3.8, 4) is 0 Å². The van der Waals surface area contributed by atoms with Crippen molar-refractivity contribution >= 4 is 0 Å². The highest BCUT2D eigenvalue weighted by atomic mass is 16.7. The van der Waals surface area contributed by atoms with E-state index in [1.165, 1.54) is 0 Å². The van der Waals surface area contributed by atoms with Gasteiger partial charge in [0.25, 0.3) is 0 Å². The van der Waals surface area contributed by atoms with Crippen LogP contribution in [-0.2, 0) is 18.9 Å². The van der Waals surface area contributed by atoms with E-state index in [-0.39, 0.29) is 29.6 Å². The lowest BCUT2D eigenvalue weighted by atomic mass is 9.85. The number of hydrogen-bond donors (Lipinski definition) is 0. The molecule has 3 heterocycles. The minimum atomic E-state index is -0.276. The second-order valence-electron chi connectivity index (χ2n) is 7.77. The number of allylic oxidation sites excluding steroid dienone is 2. The van der Waals surface area contributed by atoms with Crippen LogP contribution in [0.5, 0.6) is 0 Å². The summed E-state index contributed by atoms with van der Waals surface area (Å²) in [5.74, 6) is 0. The smallest absolute Gasteiger partial charge is 0.161 e. The Bertz CT molecular complexity index is 577. The number of hydrogen-bond acceptors (Lipinski definition) is 5. The normalized spacial score (nSPS) is 37.9. The average Bonchev–Trinajstić information content (AvgIpc) is 3.29. The molecule has 2 atom stereocenters. The lowest BCUT2D eigenvalue weighted by molar-refractivity contribution is -0.182. The monoisotopic (exact) mass is 349 g/mol. The first-order chi connectivity index (χ1) is 11.9. The van der Waals surface area contributed by atoms with E-state index in [9.17, 15) is 0 Å². The number of ether oxygens (including phenoxy) is 4. The van der Waals surface area contributed by atoms with Gasteiger partial charge in [-0.2, -0.15) is 0 Å². The van der Waals surface area contributed by atoms with E-state index in [0.29, 0.717) is 19.6 Å². The number of nitrogens with zero attached hydrogens (tertiary/aromatic N) is 3. The van der Waals surface area contributed by atoms with Crippen LogP contribution >= 0.6 is 0 Å². The second-order valence-corrected chi connectivity index (χ2v) is 7.77. The van der Waals surface area contributed by atoms with Crippen molar-refractivity contribution < 1.29 is 18.9 Å². The Balaban J connectivity index is 1.47. The number of azide groups is 1. The fraction of sp³-hybridized carbons (Fsp3) is 0.778. The Labute approximate surface area is 148 Å². The van der Waals surface area contributed by atoms with Gasteiger partial charge in [-0.1, -0.05) is 28.9 Å². The van der Waals surface area contributed by atoms with Gasteiger partial charge < -0.3 is 18.9 Å². The third-order valence-electron chi connectivity index (χ3n) is 4.71. The van der Waals surface area contributed by atoms with Gasteiger partial charge in [0.15, 0.2) is 6.29 Å². The molecule has 0 aromatic heterocycles. The quantitative estimate of drug-likeness (QED) is 0.249. The molecule has 3 aliphatic heterocycles. The molecule has 0 aromatic carbocycles. The predicted molar refractivity (Wildman–Crippen MR) is 93.0 cm³/mol. The van der Waals surface area contributed by atoms with Crippen molar-refractivity contribution in [3.63, 3.8) is 0 Å². The van der Waals surface area contributed by atoms with Gasteiger partial charge in [-0.25, -0.2) is 0 Å². The van der Waals surface area contributed by atoms with Crippen LogP contribution < -0.4 is 0 Å². The lowest BCUT2D eigenvalue weighted by Gasteiger charge is -2.38. The summed E-state index contributed by atoms with van der Waals surface area (Å²) < 4.78 is 22.9. The molecule has 1 spiro atoms. The third-order valence-corrected chi connectivity index (χ3v) is 4.71. The van der Waals surface area contributed by atoms with Crippen LogP contribution in [0, 0.1) is 0 Å². The molecule has 7 heteroatoms. The molecule has 0 aliphatic carbocycles. The van der Waals surface area contributed by atoms with Gasteiger partial charge in [-0.05, 0) is 26.3 Å². The zero-order valence-electron chi connectivity index (χ0n) is 15.2. The highest BCUT2D eigenvalue weighted by Gasteiger charge is 2.53. The Kier molecular flexibility index (Phi) is 5.51. The molecule has 0 unspecified atom stereocenters. The summed E-state index contributed by atoms with van der Waals surface area (Å²) in [5, 5.41) is 3.60. The molecule has 3 rings (SSSR count). The molecule has 0 bridgehead atoms. The first-order valence-corrected chi connectivity index (χ1v) is 8.84. The van der Waals surface area contributed by atoms with E-state index in [1.54, 1.807) is 0 Å². The van der Waals surface area contributed by atoms with Crippen LogP contribution in [0.4, 0.5) is 0 Å². The SMILES string of the molecule is CC(/C=C/[C@@H]1C[C@]2(CO2)CC(C)(C)O1)=C\CC1OCC(N=[N+]=[N-])CO1. The maximum Gasteiger partial charge on any atom is 0.161 e. The van der Waals surface area contributed by atoms with E-state index in [0.717, 1.165) is 25.0 Å². The molecule has 0 amide bonds. The van der Waals surface area contributed by atoms with Crippen molar-refractivity contribution in [2.45, 2.75) is 69.7 Å². The molecule has 0 radical (unpaired) electrons. The van der Waals surface area contributed by atoms with Crippen LogP contribution in [0.2, 0.25) is 0 Å². The minimum Gasteiger partial charge on any atom is -0.369 e. The largest absolute Gasteiger partial charge is 0.369 e. The Morgan fingerprint density at radius 2 is 2.04 bits per heavy atom. The summed E-state index contributed by atoms with van der Waals surface area (Å²) in [6.45, 7) is 7.97. The molecule has 3 saturated heterocycles. The van der Waals surface area contributed by atoms with E-state index in [1.807, 2.05) is 0 Å². The fourth-order valence-corrected chi connectivity index (χ4v) is 3.56. The highest BCUT2D eigenvalue weighted by molar-refractivity contribution is 5.19. The third kappa shape index (κ3) is 5.30. The van der Waals surface area contributed by atoms with Crippen LogP contribution in [-0.4, -0.2) is 49.5 Å². The van der Waals surface area contributed by atoms with E-state index >= 15 is 0 Å². The van der Waals surface area contributed by atoms with Crippen molar-refractivity contribution in [3.05, 3.63) is 34.2 Å². The van der Waals surface area contributed by atoms with Crippen LogP contribution in [0.15, 0.2) is 28.9 Å². The molecule has 25 heavy (non-hydrogen) atoms. The summed E-state index contributed by atoms with van der Waals surface area (Å²) in [6, 6.07) is -0.227. The maximum atomic E-state index is 8.41. The Morgan fingerprint density at radius 1 is 1.32 bits per heavy atom. The predicted octanol–water partition coefficient (Wildman–Crippen LogP) is 3.66. The first kappa shape index (κ1) is 18.4. The molecular formula is C18H27N3O4. The summed E-state index contributed by atoms with van der Waals surface area (Å²) in [4.78, 5) is 2.78. The molecule has 7 nitrogen and oxygen atoms in total. The van der Waals surface area contributed by atoms with Crippen molar-refractivity contribution in [2.24, 2.45) is 5.11 Å². The second kappa shape index (κ2) is 7.48. The molecule has 138 valence electrons. The summed E-state index contributed by atoms with van der Waals surface area (Å²) in [7, 11) is 0. The molecule has 0 N–H and O–H groups in total. The molecule has 3 fully saturated rings. The Morgan fingerprint density at radius 3 is 2.68 bits per heavy atom. The van der Waals surface area contributed by atoms with Gasteiger partial charge in [0.2, 0.25) is 0 Å². The average molecular weight is 349 g/mol. The van der Waals surface area contributed by atoms with E-state index in [4.69, 9.17) is 24.5 Å². The summed E-state index contributed by atoms with van der Waals surface area (Å²) >= 11 is 0. The highest BCUT2D eigenvalue weighted by Crippen LogP contribution is 2.46. The zero-order valence-corrected chi connectivity index (χ0v) is 15.2. The van der Waals surface area contributed by atoms with Crippen LogP contribution in [0.25, 0.3) is 10.4 Å². The maximum absolute atomic E-state index is 8.41. The van der Waals surface area contributed by atoms with Gasteiger partial charge >= 0.3 is 0 Å². The topological polar surface area (TPSA) is 89.0 Å². The molecular weight excluding hydrogens is 322 g/mol. The van der Waals surface area contributed by atoms with Crippen molar-refractivity contribution in [1.82, 2.24) is 0 Å². The number of rotatable bonds is 5. The summed E-state index contributed by atoms with van der Waals surface area (Å²) in [6.07, 6.45) is 8.67. The molecule has 0 aromatic rings. The number of epoxide rings is 1. The van der Waals surface area contributed by atoms with Gasteiger partial charge in [0.05, 0.1) is 43.2 Å². The van der Waals surface area contributed by atoms with Crippen molar-refractivity contribution in [2.75, 3.05) is 19.8 Å². The lowest BCUT2D eigenvalue weighted by Crippen LogP contribution is -2.43. The molecule has 0 saturated carbocycles. The van der Waals surface area contributed by atoms with Gasteiger partial charge in [0, 0.05) is 24.2 Å². The molecule has 3 aliphatic rings.